The van der Waals surface area contributed by atoms with Gasteiger partial charge < -0.3 is 5.73 Å². The molecule has 2 nitrogen and oxygen atoms in total. The molecule has 0 spiro atoms. The number of nitrogens with zero attached hydrogens (tertiary/aromatic N) is 1. The van der Waals surface area contributed by atoms with Gasteiger partial charge in [0.1, 0.15) is 0 Å². The van der Waals surface area contributed by atoms with E-state index in [1.807, 2.05) is 6.20 Å². The second-order valence-corrected chi connectivity index (χ2v) is 6.10. The maximum atomic E-state index is 5.47. The molecule has 0 amide bonds. The Morgan fingerprint density at radius 3 is 2.50 bits per heavy atom. The van der Waals surface area contributed by atoms with Crippen LogP contribution in [-0.2, 0) is 6.42 Å². The van der Waals surface area contributed by atoms with Gasteiger partial charge in [-0.1, -0.05) is 26.8 Å². The van der Waals surface area contributed by atoms with E-state index in [0.717, 1.165) is 11.4 Å². The molecule has 0 atom stereocenters. The van der Waals surface area contributed by atoms with E-state index < -0.39 is 0 Å². The summed E-state index contributed by atoms with van der Waals surface area (Å²) < 4.78 is 0.225. The van der Waals surface area contributed by atoms with Gasteiger partial charge in [-0.3, -0.25) is 0 Å². The zero-order valence-corrected chi connectivity index (χ0v) is 9.90. The number of thioether (sulfide) groups is 1. The highest BCUT2D eigenvalue weighted by atomic mass is 32.2. The Morgan fingerprint density at radius 2 is 2.07 bits per heavy atom. The second kappa shape index (κ2) is 4.80. The van der Waals surface area contributed by atoms with E-state index in [-0.39, 0.29) is 4.75 Å². The normalized spacial score (nSPS) is 11.7. The predicted molar refractivity (Wildman–Crippen MR) is 62.6 cm³/mol. The van der Waals surface area contributed by atoms with Crippen LogP contribution in [-0.4, -0.2) is 16.3 Å². The summed E-state index contributed by atoms with van der Waals surface area (Å²) in [6, 6.07) is 4.18. The highest BCUT2D eigenvalue weighted by molar-refractivity contribution is 8.00. The summed E-state index contributed by atoms with van der Waals surface area (Å²) in [6.07, 6.45) is 2.83. The van der Waals surface area contributed by atoms with Crippen LogP contribution in [0.1, 0.15) is 26.3 Å². The van der Waals surface area contributed by atoms with Gasteiger partial charge in [0.2, 0.25) is 0 Å². The van der Waals surface area contributed by atoms with Crippen LogP contribution in [0.2, 0.25) is 0 Å². The number of nitrogens with two attached hydrogens (primary N) is 1. The van der Waals surface area contributed by atoms with Crippen molar-refractivity contribution in [3.63, 3.8) is 0 Å². The van der Waals surface area contributed by atoms with E-state index in [9.17, 15) is 0 Å². The van der Waals surface area contributed by atoms with E-state index in [1.54, 1.807) is 11.8 Å². The Hall–Kier alpha value is -0.540. The van der Waals surface area contributed by atoms with Crippen molar-refractivity contribution in [3.8, 4) is 0 Å². The molecule has 0 saturated carbocycles. The highest BCUT2D eigenvalue weighted by Gasteiger charge is 2.12. The van der Waals surface area contributed by atoms with Crippen LogP contribution in [0.25, 0.3) is 0 Å². The molecule has 1 heterocycles. The lowest BCUT2D eigenvalue weighted by atomic mass is 10.2. The zero-order valence-electron chi connectivity index (χ0n) is 9.08. The summed E-state index contributed by atoms with van der Waals surface area (Å²) in [6.45, 7) is 7.25. The van der Waals surface area contributed by atoms with Gasteiger partial charge in [0.15, 0.2) is 0 Å². The van der Waals surface area contributed by atoms with Gasteiger partial charge in [-0.15, -0.1) is 11.8 Å². The van der Waals surface area contributed by atoms with Crippen molar-refractivity contribution in [1.29, 1.82) is 0 Å². The van der Waals surface area contributed by atoms with Gasteiger partial charge >= 0.3 is 0 Å². The Morgan fingerprint density at radius 1 is 1.36 bits per heavy atom. The fourth-order valence-electron chi connectivity index (χ4n) is 1.10. The van der Waals surface area contributed by atoms with Crippen molar-refractivity contribution in [1.82, 2.24) is 4.98 Å². The molecule has 3 heteroatoms. The van der Waals surface area contributed by atoms with E-state index in [2.05, 4.69) is 37.9 Å². The first kappa shape index (κ1) is 11.5. The van der Waals surface area contributed by atoms with Crippen molar-refractivity contribution in [2.24, 2.45) is 5.73 Å². The fraction of sp³-hybridized carbons (Fsp3) is 0.545. The van der Waals surface area contributed by atoms with Crippen molar-refractivity contribution in [2.75, 3.05) is 6.54 Å². The average molecular weight is 210 g/mol. The van der Waals surface area contributed by atoms with E-state index in [1.165, 1.54) is 5.56 Å². The maximum Gasteiger partial charge on any atom is 0.0965 e. The van der Waals surface area contributed by atoms with Gasteiger partial charge in [0, 0.05) is 10.9 Å². The van der Waals surface area contributed by atoms with Gasteiger partial charge in [-0.25, -0.2) is 4.98 Å². The molecule has 1 aromatic rings. The Bertz CT molecular complexity index is 274. The number of hydrogen-bond acceptors (Lipinski definition) is 3. The fourth-order valence-corrected chi connectivity index (χ4v) is 1.97. The molecule has 14 heavy (non-hydrogen) atoms. The van der Waals surface area contributed by atoms with Crippen LogP contribution in [0.5, 0.6) is 0 Å². The molecule has 0 aliphatic heterocycles. The molecule has 0 fully saturated rings. The van der Waals surface area contributed by atoms with Crippen molar-refractivity contribution >= 4 is 11.8 Å². The number of rotatable bonds is 3. The molecule has 0 bridgehead atoms. The van der Waals surface area contributed by atoms with Crippen LogP contribution in [0.3, 0.4) is 0 Å². The summed E-state index contributed by atoms with van der Waals surface area (Å²) >= 11 is 1.79. The van der Waals surface area contributed by atoms with Gasteiger partial charge in [0.05, 0.1) is 5.03 Å². The molecular formula is C11H18N2S. The van der Waals surface area contributed by atoms with E-state index in [0.29, 0.717) is 6.54 Å². The number of pyridine rings is 1. The largest absolute Gasteiger partial charge is 0.330 e. The third-order valence-electron chi connectivity index (χ3n) is 1.64. The molecule has 0 aliphatic carbocycles. The van der Waals surface area contributed by atoms with Crippen LogP contribution in [0.15, 0.2) is 23.4 Å². The third kappa shape index (κ3) is 4.11. The molecule has 0 saturated heterocycles. The first-order valence-electron chi connectivity index (χ1n) is 4.85. The topological polar surface area (TPSA) is 38.9 Å². The summed E-state index contributed by atoms with van der Waals surface area (Å²) in [5, 5.41) is 1.08. The molecule has 1 rings (SSSR count). The minimum absolute atomic E-state index is 0.225. The van der Waals surface area contributed by atoms with E-state index in [4.69, 9.17) is 5.73 Å². The monoisotopic (exact) mass is 210 g/mol. The molecule has 0 radical (unpaired) electrons. The van der Waals surface area contributed by atoms with Crippen LogP contribution in [0, 0.1) is 0 Å². The zero-order chi connectivity index (χ0) is 10.6. The smallest absolute Gasteiger partial charge is 0.0965 e. The minimum Gasteiger partial charge on any atom is -0.330 e. The summed E-state index contributed by atoms with van der Waals surface area (Å²) in [5.41, 5.74) is 6.68. The standard InChI is InChI=1S/C11H18N2S/c1-11(2,3)14-10-5-4-9(6-7-12)8-13-10/h4-5,8H,6-7,12H2,1-3H3. The molecule has 78 valence electrons. The number of hydrogen-bond donors (Lipinski definition) is 1. The van der Waals surface area contributed by atoms with Crippen molar-refractivity contribution in [3.05, 3.63) is 23.9 Å². The molecule has 1 aromatic heterocycles. The van der Waals surface area contributed by atoms with Crippen LogP contribution < -0.4 is 5.73 Å². The predicted octanol–water partition coefficient (Wildman–Crippen LogP) is 2.47. The lowest BCUT2D eigenvalue weighted by molar-refractivity contribution is 0.798. The molecule has 0 aliphatic rings. The van der Waals surface area contributed by atoms with Gasteiger partial charge in [-0.05, 0) is 24.6 Å². The lowest BCUT2D eigenvalue weighted by Gasteiger charge is -2.16. The number of aromatic nitrogens is 1. The van der Waals surface area contributed by atoms with Crippen LogP contribution >= 0.6 is 11.8 Å². The molecule has 2 N–H and O–H groups in total. The van der Waals surface area contributed by atoms with Gasteiger partial charge in [-0.2, -0.15) is 0 Å². The summed E-state index contributed by atoms with van der Waals surface area (Å²) in [7, 11) is 0. The minimum atomic E-state index is 0.225. The van der Waals surface area contributed by atoms with E-state index >= 15 is 0 Å². The van der Waals surface area contributed by atoms with Crippen molar-refractivity contribution in [2.45, 2.75) is 37.0 Å². The summed E-state index contributed by atoms with van der Waals surface area (Å²) in [5.74, 6) is 0. The Balaban J connectivity index is 2.64. The maximum absolute atomic E-state index is 5.47. The quantitative estimate of drug-likeness (QED) is 0.779. The first-order chi connectivity index (χ1) is 6.51. The molecule has 0 unspecified atom stereocenters. The highest BCUT2D eigenvalue weighted by Crippen LogP contribution is 2.29. The first-order valence-corrected chi connectivity index (χ1v) is 5.67. The van der Waals surface area contributed by atoms with Crippen LogP contribution in [0.4, 0.5) is 0 Å². The molecular weight excluding hydrogens is 192 g/mol. The third-order valence-corrected chi connectivity index (χ3v) is 2.70. The van der Waals surface area contributed by atoms with Gasteiger partial charge in [0.25, 0.3) is 0 Å². The second-order valence-electron chi connectivity index (χ2n) is 4.26. The molecule has 0 aromatic carbocycles. The SMILES string of the molecule is CC(C)(C)Sc1ccc(CCN)cn1. The Labute approximate surface area is 90.3 Å². The average Bonchev–Trinajstić information content (AvgIpc) is 2.06. The lowest BCUT2D eigenvalue weighted by Crippen LogP contribution is -2.07. The van der Waals surface area contributed by atoms with Crippen molar-refractivity contribution < 1.29 is 0 Å². The Kier molecular flexibility index (Phi) is 3.96. The summed E-state index contributed by atoms with van der Waals surface area (Å²) in [4.78, 5) is 4.39.